The molecule has 3 aliphatic carbocycles. The van der Waals surface area contributed by atoms with Gasteiger partial charge in [-0.15, -0.1) is 0 Å². The van der Waals surface area contributed by atoms with Crippen LogP contribution < -0.4 is 0 Å². The highest BCUT2D eigenvalue weighted by molar-refractivity contribution is 5.84. The number of carbonyl (C=O) groups excluding carboxylic acids is 1. The molecule has 5 unspecified atom stereocenters. The van der Waals surface area contributed by atoms with Gasteiger partial charge >= 0.3 is 29.7 Å². The van der Waals surface area contributed by atoms with Crippen LogP contribution in [0, 0.1) is 23.7 Å². The first kappa shape index (κ1) is 18.3. The van der Waals surface area contributed by atoms with Gasteiger partial charge in [0.1, 0.15) is 6.10 Å². The molecule has 0 aliphatic heterocycles. The van der Waals surface area contributed by atoms with Crippen molar-refractivity contribution in [2.75, 3.05) is 0 Å². The third-order valence-corrected chi connectivity index (χ3v) is 5.94. The van der Waals surface area contributed by atoms with Gasteiger partial charge in [-0.25, -0.2) is 9.59 Å². The van der Waals surface area contributed by atoms with E-state index >= 15 is 0 Å². The van der Waals surface area contributed by atoms with Crippen LogP contribution in [0.3, 0.4) is 0 Å². The summed E-state index contributed by atoms with van der Waals surface area (Å²) < 4.78 is 84.5. The molecule has 0 aromatic heterocycles. The summed E-state index contributed by atoms with van der Waals surface area (Å²) in [5.74, 6) is -24.2. The van der Waals surface area contributed by atoms with Crippen LogP contribution in [0.1, 0.15) is 32.1 Å². The lowest BCUT2D eigenvalue weighted by atomic mass is 9.80. The van der Waals surface area contributed by atoms with Gasteiger partial charge in [0.05, 0.1) is 0 Å². The van der Waals surface area contributed by atoms with E-state index in [1.165, 1.54) is 0 Å². The first-order valence-corrected chi connectivity index (χ1v) is 7.99. The maximum Gasteiger partial charge on any atom is 0.411 e. The molecule has 142 valence electrons. The number of hydrogen-bond acceptors (Lipinski definition) is 3. The van der Waals surface area contributed by atoms with Crippen molar-refractivity contribution in [3.8, 4) is 0 Å². The summed E-state index contributed by atoms with van der Waals surface area (Å²) in [6.07, 6.45) is 2.66. The fourth-order valence-electron chi connectivity index (χ4n) is 4.81. The normalized spacial score (nSPS) is 34.9. The number of hydrogen-bond donors (Lipinski definition) is 1. The van der Waals surface area contributed by atoms with Crippen molar-refractivity contribution >= 4 is 11.9 Å². The largest absolute Gasteiger partial charge is 0.477 e. The van der Waals surface area contributed by atoms with Crippen LogP contribution in [0.4, 0.5) is 26.3 Å². The molecule has 0 aromatic carbocycles. The SMILES string of the molecule is O=C(O)C(F)(F)C(F)(F)C(F)(F)C(=O)OC1CC2CC1C1CCCC21. The Bertz CT molecular complexity index is 593. The highest BCUT2D eigenvalue weighted by Crippen LogP contribution is 2.59. The lowest BCUT2D eigenvalue weighted by Gasteiger charge is -2.33. The minimum Gasteiger partial charge on any atom is -0.477 e. The topological polar surface area (TPSA) is 63.6 Å². The van der Waals surface area contributed by atoms with Gasteiger partial charge in [-0.3, -0.25) is 0 Å². The molecule has 3 fully saturated rings. The highest BCUT2D eigenvalue weighted by Gasteiger charge is 2.79. The Hall–Kier alpha value is -1.48. The summed E-state index contributed by atoms with van der Waals surface area (Å²) in [6.45, 7) is 0. The average molecular weight is 374 g/mol. The molecule has 10 heteroatoms. The van der Waals surface area contributed by atoms with Gasteiger partial charge in [0.2, 0.25) is 0 Å². The van der Waals surface area contributed by atoms with E-state index in [4.69, 9.17) is 5.11 Å². The minimum atomic E-state index is -6.41. The van der Waals surface area contributed by atoms with Crippen molar-refractivity contribution in [3.63, 3.8) is 0 Å². The van der Waals surface area contributed by atoms with E-state index in [0.29, 0.717) is 12.3 Å². The number of aliphatic carboxylic acids is 1. The summed E-state index contributed by atoms with van der Waals surface area (Å²) in [4.78, 5) is 21.7. The first-order chi connectivity index (χ1) is 11.4. The van der Waals surface area contributed by atoms with Crippen molar-refractivity contribution in [2.45, 2.75) is 56.0 Å². The fourth-order valence-corrected chi connectivity index (χ4v) is 4.81. The molecule has 3 aliphatic rings. The van der Waals surface area contributed by atoms with Gasteiger partial charge < -0.3 is 9.84 Å². The van der Waals surface area contributed by atoms with Gasteiger partial charge in [-0.2, -0.15) is 26.3 Å². The maximum absolute atomic E-state index is 13.6. The molecule has 0 amide bonds. The van der Waals surface area contributed by atoms with Gasteiger partial charge in [-0.1, -0.05) is 6.42 Å². The molecule has 25 heavy (non-hydrogen) atoms. The minimum absolute atomic E-state index is 0.157. The Morgan fingerprint density at radius 3 is 2.08 bits per heavy atom. The van der Waals surface area contributed by atoms with Crippen molar-refractivity contribution in [1.82, 2.24) is 0 Å². The average Bonchev–Trinajstić information content (AvgIpc) is 3.18. The lowest BCUT2D eigenvalue weighted by molar-refractivity contribution is -0.301. The third kappa shape index (κ3) is 2.43. The van der Waals surface area contributed by atoms with Crippen molar-refractivity contribution in [2.24, 2.45) is 23.7 Å². The van der Waals surface area contributed by atoms with Crippen LogP contribution in [0.25, 0.3) is 0 Å². The Kier molecular flexibility index (Phi) is 4.03. The zero-order valence-electron chi connectivity index (χ0n) is 12.9. The first-order valence-electron chi connectivity index (χ1n) is 7.99. The number of fused-ring (bicyclic) bond motifs is 5. The van der Waals surface area contributed by atoms with Crippen LogP contribution in [0.2, 0.25) is 0 Å². The molecule has 2 bridgehead atoms. The highest BCUT2D eigenvalue weighted by atomic mass is 19.3. The fraction of sp³-hybridized carbons (Fsp3) is 0.867. The predicted molar refractivity (Wildman–Crippen MR) is 69.4 cm³/mol. The van der Waals surface area contributed by atoms with E-state index in [1.807, 2.05) is 0 Å². The van der Waals surface area contributed by atoms with Gasteiger partial charge in [-0.05, 0) is 49.4 Å². The Morgan fingerprint density at radius 2 is 1.48 bits per heavy atom. The summed E-state index contributed by atoms with van der Waals surface area (Å²) >= 11 is 0. The maximum atomic E-state index is 13.6. The third-order valence-electron chi connectivity index (χ3n) is 5.94. The number of carboxylic acid groups (broad SMARTS) is 1. The second-order valence-corrected chi connectivity index (χ2v) is 7.13. The van der Waals surface area contributed by atoms with Crippen molar-refractivity contribution in [1.29, 1.82) is 0 Å². The Morgan fingerprint density at radius 1 is 0.880 bits per heavy atom. The molecule has 3 rings (SSSR count). The van der Waals surface area contributed by atoms with Crippen LogP contribution in [0.15, 0.2) is 0 Å². The van der Waals surface area contributed by atoms with E-state index in [1.54, 1.807) is 0 Å². The number of carboxylic acids is 1. The van der Waals surface area contributed by atoms with E-state index in [9.17, 15) is 35.9 Å². The molecular weight excluding hydrogens is 358 g/mol. The quantitative estimate of drug-likeness (QED) is 0.592. The zero-order valence-corrected chi connectivity index (χ0v) is 12.9. The number of esters is 1. The van der Waals surface area contributed by atoms with Crippen LogP contribution in [-0.4, -0.2) is 40.9 Å². The molecule has 0 saturated heterocycles. The number of rotatable bonds is 5. The molecule has 1 N–H and O–H groups in total. The zero-order chi connectivity index (χ0) is 18.8. The number of ether oxygens (including phenoxy) is 1. The number of alkyl halides is 6. The van der Waals surface area contributed by atoms with Crippen molar-refractivity contribution in [3.05, 3.63) is 0 Å². The molecule has 5 atom stereocenters. The second kappa shape index (κ2) is 5.51. The van der Waals surface area contributed by atoms with E-state index in [0.717, 1.165) is 19.3 Å². The summed E-state index contributed by atoms with van der Waals surface area (Å²) in [7, 11) is 0. The second-order valence-electron chi connectivity index (χ2n) is 7.13. The van der Waals surface area contributed by atoms with Crippen LogP contribution in [-0.2, 0) is 14.3 Å². The van der Waals surface area contributed by atoms with Gasteiger partial charge in [0, 0.05) is 0 Å². The molecule has 0 spiro atoms. The molecule has 4 nitrogen and oxygen atoms in total. The summed E-state index contributed by atoms with van der Waals surface area (Å²) in [6, 6.07) is 0. The lowest BCUT2D eigenvalue weighted by Crippen LogP contribution is -2.61. The summed E-state index contributed by atoms with van der Waals surface area (Å²) in [5, 5.41) is 8.08. The van der Waals surface area contributed by atoms with Crippen LogP contribution >= 0.6 is 0 Å². The van der Waals surface area contributed by atoms with E-state index < -0.39 is 35.8 Å². The van der Waals surface area contributed by atoms with Gasteiger partial charge in [0.25, 0.3) is 0 Å². The standard InChI is InChI=1S/C15H16F6O4/c16-13(17,11(22)23)15(20,21)14(18,19)12(24)25-10-5-6-4-9(10)8-3-1-2-7(6)8/h6-10H,1-5H2,(H,22,23). The van der Waals surface area contributed by atoms with Gasteiger partial charge in [0.15, 0.2) is 0 Å². The van der Waals surface area contributed by atoms with E-state index in [2.05, 4.69) is 4.74 Å². The molecule has 3 saturated carbocycles. The monoisotopic (exact) mass is 374 g/mol. The smallest absolute Gasteiger partial charge is 0.411 e. The Labute approximate surface area is 138 Å². The predicted octanol–water partition coefficient (Wildman–Crippen LogP) is 3.34. The molecule has 0 heterocycles. The van der Waals surface area contributed by atoms with Crippen molar-refractivity contribution < 1.29 is 45.8 Å². The molecule has 0 radical (unpaired) electrons. The summed E-state index contributed by atoms with van der Waals surface area (Å²) in [5.41, 5.74) is 0. The molecular formula is C15H16F6O4. The number of carbonyl (C=O) groups is 2. The molecule has 0 aromatic rings. The van der Waals surface area contributed by atoms with Crippen LogP contribution in [0.5, 0.6) is 0 Å². The number of halogens is 6. The Balaban J connectivity index is 1.73. The van der Waals surface area contributed by atoms with E-state index in [-0.39, 0.29) is 24.2 Å².